The van der Waals surface area contributed by atoms with Crippen molar-refractivity contribution in [1.82, 2.24) is 10.2 Å². The van der Waals surface area contributed by atoms with E-state index in [2.05, 4.69) is 37.2 Å². The van der Waals surface area contributed by atoms with Crippen molar-refractivity contribution in [3.05, 3.63) is 32.7 Å². The molecular formula is C14H16Br2N2O3. The number of rotatable bonds is 3. The van der Waals surface area contributed by atoms with E-state index in [9.17, 15) is 9.59 Å². The minimum atomic E-state index is -0.580. The molecule has 2 amide bonds. The third-order valence-corrected chi connectivity index (χ3v) is 4.07. The summed E-state index contributed by atoms with van der Waals surface area (Å²) >= 11 is 6.74. The number of amides is 2. The molecule has 114 valence electrons. The van der Waals surface area contributed by atoms with E-state index in [0.29, 0.717) is 25.3 Å². The first-order valence-electron chi connectivity index (χ1n) is 6.65. The van der Waals surface area contributed by atoms with E-state index < -0.39 is 6.04 Å². The van der Waals surface area contributed by atoms with Crippen molar-refractivity contribution in [1.29, 1.82) is 0 Å². The number of hydrogen-bond acceptors (Lipinski definition) is 3. The molecule has 5 nitrogen and oxygen atoms in total. The Hall–Kier alpha value is -0.920. The van der Waals surface area contributed by atoms with Gasteiger partial charge in [-0.2, -0.15) is 0 Å². The second-order valence-corrected chi connectivity index (χ2v) is 6.47. The van der Waals surface area contributed by atoms with Crippen molar-refractivity contribution in [2.45, 2.75) is 13.0 Å². The maximum absolute atomic E-state index is 12.7. The van der Waals surface area contributed by atoms with Crippen LogP contribution < -0.4 is 5.32 Å². The monoisotopic (exact) mass is 418 g/mol. The van der Waals surface area contributed by atoms with Crippen LogP contribution in [0.4, 0.5) is 0 Å². The highest BCUT2D eigenvalue weighted by Gasteiger charge is 2.33. The average Bonchev–Trinajstić information content (AvgIpc) is 2.45. The second-order valence-electron chi connectivity index (χ2n) is 4.64. The Morgan fingerprint density at radius 3 is 2.62 bits per heavy atom. The van der Waals surface area contributed by atoms with Crippen LogP contribution in [0.15, 0.2) is 27.1 Å². The van der Waals surface area contributed by atoms with Crippen LogP contribution in [0.25, 0.3) is 0 Å². The Morgan fingerprint density at radius 2 is 2.00 bits per heavy atom. The summed E-state index contributed by atoms with van der Waals surface area (Å²) in [4.78, 5) is 26.3. The minimum absolute atomic E-state index is 0.170. The van der Waals surface area contributed by atoms with Crippen LogP contribution in [-0.2, 0) is 9.53 Å². The van der Waals surface area contributed by atoms with E-state index in [1.165, 1.54) is 0 Å². The lowest BCUT2D eigenvalue weighted by molar-refractivity contribution is -0.130. The summed E-state index contributed by atoms with van der Waals surface area (Å²) in [5.41, 5.74) is 0.535. The molecule has 1 aromatic rings. The van der Waals surface area contributed by atoms with Crippen LogP contribution in [0.2, 0.25) is 0 Å². The summed E-state index contributed by atoms with van der Waals surface area (Å²) in [6.07, 6.45) is 0. The molecule has 0 spiro atoms. The van der Waals surface area contributed by atoms with E-state index in [1.54, 1.807) is 17.0 Å². The molecule has 1 aliphatic rings. The van der Waals surface area contributed by atoms with Crippen LogP contribution in [0.1, 0.15) is 17.3 Å². The summed E-state index contributed by atoms with van der Waals surface area (Å²) in [6.45, 7) is 3.45. The topological polar surface area (TPSA) is 58.6 Å². The third kappa shape index (κ3) is 4.05. The van der Waals surface area contributed by atoms with E-state index in [4.69, 9.17) is 4.74 Å². The first kappa shape index (κ1) is 16.5. The van der Waals surface area contributed by atoms with Gasteiger partial charge in [-0.1, -0.05) is 31.9 Å². The molecule has 21 heavy (non-hydrogen) atoms. The first-order chi connectivity index (χ1) is 10.0. The van der Waals surface area contributed by atoms with E-state index in [-0.39, 0.29) is 18.4 Å². The van der Waals surface area contributed by atoms with Gasteiger partial charge in [-0.3, -0.25) is 9.59 Å². The second kappa shape index (κ2) is 7.38. The molecule has 1 aliphatic heterocycles. The fourth-order valence-corrected chi connectivity index (χ4v) is 3.49. The number of benzene rings is 1. The molecule has 0 radical (unpaired) electrons. The van der Waals surface area contributed by atoms with Gasteiger partial charge in [-0.25, -0.2) is 0 Å². The molecule has 1 N–H and O–H groups in total. The van der Waals surface area contributed by atoms with Gasteiger partial charge >= 0.3 is 0 Å². The van der Waals surface area contributed by atoms with Gasteiger partial charge in [0.25, 0.3) is 5.91 Å². The normalized spacial score (nSPS) is 18.4. The number of morpholine rings is 1. The van der Waals surface area contributed by atoms with Crippen molar-refractivity contribution < 1.29 is 14.3 Å². The van der Waals surface area contributed by atoms with Gasteiger partial charge < -0.3 is 15.0 Å². The zero-order chi connectivity index (χ0) is 15.4. The predicted molar refractivity (Wildman–Crippen MR) is 86.2 cm³/mol. The number of nitrogens with zero attached hydrogens (tertiary/aromatic N) is 1. The first-order valence-corrected chi connectivity index (χ1v) is 8.24. The summed E-state index contributed by atoms with van der Waals surface area (Å²) < 4.78 is 6.96. The smallest absolute Gasteiger partial charge is 0.254 e. The maximum Gasteiger partial charge on any atom is 0.254 e. The Morgan fingerprint density at radius 1 is 1.33 bits per heavy atom. The molecule has 1 fully saturated rings. The molecule has 1 heterocycles. The molecule has 0 aromatic heterocycles. The largest absolute Gasteiger partial charge is 0.377 e. The van der Waals surface area contributed by atoms with E-state index in [1.807, 2.05) is 13.0 Å². The molecule has 7 heteroatoms. The van der Waals surface area contributed by atoms with Gasteiger partial charge in [0, 0.05) is 27.6 Å². The number of halogens is 2. The Balaban J connectivity index is 2.24. The molecule has 1 aromatic carbocycles. The van der Waals surface area contributed by atoms with E-state index in [0.717, 1.165) is 8.95 Å². The number of nitrogens with one attached hydrogen (secondary N) is 1. The van der Waals surface area contributed by atoms with Crippen molar-refractivity contribution in [3.63, 3.8) is 0 Å². The molecule has 1 atom stereocenters. The fourth-order valence-electron chi connectivity index (χ4n) is 2.20. The van der Waals surface area contributed by atoms with Crippen LogP contribution in [-0.4, -0.2) is 49.1 Å². The molecular weight excluding hydrogens is 404 g/mol. The van der Waals surface area contributed by atoms with Crippen LogP contribution >= 0.6 is 31.9 Å². The number of carbonyl (C=O) groups excluding carboxylic acids is 2. The quantitative estimate of drug-likeness (QED) is 0.816. The SMILES string of the molecule is CCNC(=O)C1COCCN1C(=O)c1cc(Br)cc(Br)c1. The number of hydrogen-bond donors (Lipinski definition) is 1. The van der Waals surface area contributed by atoms with Gasteiger partial charge in [0.1, 0.15) is 6.04 Å². The third-order valence-electron chi connectivity index (χ3n) is 3.15. The summed E-state index contributed by atoms with van der Waals surface area (Å²) in [5.74, 6) is -0.351. The van der Waals surface area contributed by atoms with Gasteiger partial charge in [-0.15, -0.1) is 0 Å². The lowest BCUT2D eigenvalue weighted by Crippen LogP contribution is -2.55. The van der Waals surface area contributed by atoms with Crippen LogP contribution in [0.3, 0.4) is 0 Å². The van der Waals surface area contributed by atoms with Crippen LogP contribution in [0.5, 0.6) is 0 Å². The molecule has 1 unspecified atom stereocenters. The van der Waals surface area contributed by atoms with Crippen molar-refractivity contribution >= 4 is 43.7 Å². The summed E-state index contributed by atoms with van der Waals surface area (Å²) in [7, 11) is 0. The lowest BCUT2D eigenvalue weighted by atomic mass is 10.1. The van der Waals surface area contributed by atoms with Gasteiger partial charge in [-0.05, 0) is 25.1 Å². The van der Waals surface area contributed by atoms with Gasteiger partial charge in [0.2, 0.25) is 5.91 Å². The standard InChI is InChI=1S/C14H16Br2N2O3/c1-2-17-13(19)12-8-21-4-3-18(12)14(20)9-5-10(15)7-11(16)6-9/h5-7,12H,2-4,8H2,1H3,(H,17,19). The summed E-state index contributed by atoms with van der Waals surface area (Å²) in [6, 6.07) is 4.77. The molecule has 0 aliphatic carbocycles. The van der Waals surface area contributed by atoms with Crippen molar-refractivity contribution in [3.8, 4) is 0 Å². The number of carbonyl (C=O) groups is 2. The highest BCUT2D eigenvalue weighted by molar-refractivity contribution is 9.11. The molecule has 0 bridgehead atoms. The predicted octanol–water partition coefficient (Wildman–Crippen LogP) is 2.19. The molecule has 2 rings (SSSR count). The Labute approximate surface area is 140 Å². The number of ether oxygens (including phenoxy) is 1. The highest BCUT2D eigenvalue weighted by atomic mass is 79.9. The fraction of sp³-hybridized carbons (Fsp3) is 0.429. The number of likely N-dealkylation sites (N-methyl/N-ethyl adjacent to an activating group) is 1. The molecule has 1 saturated heterocycles. The maximum atomic E-state index is 12.7. The van der Waals surface area contributed by atoms with Gasteiger partial charge in [0.05, 0.1) is 13.2 Å². The Bertz CT molecular complexity index is 531. The zero-order valence-corrected chi connectivity index (χ0v) is 14.7. The van der Waals surface area contributed by atoms with E-state index >= 15 is 0 Å². The average molecular weight is 420 g/mol. The van der Waals surface area contributed by atoms with Gasteiger partial charge in [0.15, 0.2) is 0 Å². The lowest BCUT2D eigenvalue weighted by Gasteiger charge is -2.34. The Kier molecular flexibility index (Phi) is 5.78. The molecule has 0 saturated carbocycles. The summed E-state index contributed by atoms with van der Waals surface area (Å²) in [5, 5.41) is 2.74. The van der Waals surface area contributed by atoms with Crippen LogP contribution in [0, 0.1) is 0 Å². The van der Waals surface area contributed by atoms with Crippen molar-refractivity contribution in [2.75, 3.05) is 26.3 Å². The highest BCUT2D eigenvalue weighted by Crippen LogP contribution is 2.22. The minimum Gasteiger partial charge on any atom is -0.377 e. The van der Waals surface area contributed by atoms with Crippen molar-refractivity contribution in [2.24, 2.45) is 0 Å². The zero-order valence-electron chi connectivity index (χ0n) is 11.6.